The zero-order valence-electron chi connectivity index (χ0n) is 15.3. The molecule has 2 atom stereocenters. The first-order chi connectivity index (χ1) is 12.1. The van der Waals surface area contributed by atoms with Crippen LogP contribution in [-0.2, 0) is 4.79 Å². The van der Waals surface area contributed by atoms with E-state index in [1.807, 2.05) is 25.1 Å². The van der Waals surface area contributed by atoms with E-state index in [0.29, 0.717) is 6.61 Å². The summed E-state index contributed by atoms with van der Waals surface area (Å²) in [5.41, 5.74) is 7.89. The van der Waals surface area contributed by atoms with Gasteiger partial charge in [0.15, 0.2) is 0 Å². The van der Waals surface area contributed by atoms with Gasteiger partial charge < -0.3 is 15.8 Å². The maximum absolute atomic E-state index is 12.4. The smallest absolute Gasteiger partial charge is 0.227 e. The van der Waals surface area contributed by atoms with E-state index in [1.54, 1.807) is 0 Å². The van der Waals surface area contributed by atoms with Gasteiger partial charge in [0, 0.05) is 24.2 Å². The van der Waals surface area contributed by atoms with Crippen molar-refractivity contribution in [3.05, 3.63) is 23.8 Å². The van der Waals surface area contributed by atoms with Gasteiger partial charge in [-0.25, -0.2) is 0 Å². The van der Waals surface area contributed by atoms with Crippen molar-refractivity contribution in [1.82, 2.24) is 4.90 Å². The predicted molar refractivity (Wildman–Crippen MR) is 101 cm³/mol. The number of likely N-dealkylation sites (tertiary alicyclic amines) is 1. The summed E-state index contributed by atoms with van der Waals surface area (Å²) in [5, 5.41) is 3.04. The van der Waals surface area contributed by atoms with E-state index in [-0.39, 0.29) is 17.9 Å². The molecule has 1 aromatic carbocycles. The molecule has 1 saturated heterocycles. The van der Waals surface area contributed by atoms with Gasteiger partial charge in [0.1, 0.15) is 12.4 Å². The molecule has 138 valence electrons. The summed E-state index contributed by atoms with van der Waals surface area (Å²) in [6, 6.07) is 6.05. The number of nitrogens with two attached hydrogens (primary N) is 1. The fraction of sp³-hybridized carbons (Fsp3) is 0.650. The lowest BCUT2D eigenvalue weighted by atomic mass is 9.85. The van der Waals surface area contributed by atoms with Crippen LogP contribution in [0.1, 0.15) is 44.1 Å². The van der Waals surface area contributed by atoms with E-state index >= 15 is 0 Å². The number of carbonyl (C=O) groups excluding carboxylic acids is 1. The van der Waals surface area contributed by atoms with Crippen molar-refractivity contribution in [1.29, 1.82) is 0 Å². The van der Waals surface area contributed by atoms with Crippen LogP contribution in [0.4, 0.5) is 5.69 Å². The Kier molecular flexibility index (Phi) is 6.32. The molecule has 5 heteroatoms. The summed E-state index contributed by atoms with van der Waals surface area (Å²) in [7, 11) is 0. The lowest BCUT2D eigenvalue weighted by Crippen LogP contribution is -2.34. The highest BCUT2D eigenvalue weighted by atomic mass is 16.5. The van der Waals surface area contributed by atoms with Crippen LogP contribution in [0.2, 0.25) is 0 Å². The van der Waals surface area contributed by atoms with Crippen LogP contribution < -0.4 is 15.8 Å². The second-order valence-corrected chi connectivity index (χ2v) is 7.49. The van der Waals surface area contributed by atoms with Crippen LogP contribution >= 0.6 is 0 Å². The minimum Gasteiger partial charge on any atom is -0.492 e. The van der Waals surface area contributed by atoms with E-state index in [0.717, 1.165) is 49.2 Å². The van der Waals surface area contributed by atoms with E-state index in [1.165, 1.54) is 25.9 Å². The lowest BCUT2D eigenvalue weighted by Gasteiger charge is -2.25. The third-order valence-electron chi connectivity index (χ3n) is 5.39. The molecule has 0 bridgehead atoms. The molecule has 1 aliphatic heterocycles. The van der Waals surface area contributed by atoms with Crippen LogP contribution in [0.3, 0.4) is 0 Å². The van der Waals surface area contributed by atoms with Gasteiger partial charge in [0.2, 0.25) is 5.91 Å². The Morgan fingerprint density at radius 1 is 1.28 bits per heavy atom. The fourth-order valence-electron chi connectivity index (χ4n) is 3.89. The SMILES string of the molecule is Cc1cc(NC(=O)C2CCCC(N)C2)ccc1OCCN1CCCC1. The summed E-state index contributed by atoms with van der Waals surface area (Å²) >= 11 is 0. The highest BCUT2D eigenvalue weighted by molar-refractivity contribution is 5.92. The fourth-order valence-corrected chi connectivity index (χ4v) is 3.89. The van der Waals surface area contributed by atoms with Crippen LogP contribution in [0.5, 0.6) is 5.75 Å². The van der Waals surface area contributed by atoms with E-state index in [4.69, 9.17) is 10.5 Å². The summed E-state index contributed by atoms with van der Waals surface area (Å²) in [5.74, 6) is 1.04. The number of carbonyl (C=O) groups is 1. The Balaban J connectivity index is 1.49. The van der Waals surface area contributed by atoms with Crippen molar-refractivity contribution in [2.45, 2.75) is 51.5 Å². The van der Waals surface area contributed by atoms with E-state index < -0.39 is 0 Å². The minimum atomic E-state index is 0.0421. The maximum atomic E-state index is 12.4. The number of ether oxygens (including phenoxy) is 1. The molecular formula is C20H31N3O2. The Labute approximate surface area is 150 Å². The quantitative estimate of drug-likeness (QED) is 0.832. The molecule has 0 aromatic heterocycles. The molecule has 1 aromatic rings. The number of rotatable bonds is 6. The van der Waals surface area contributed by atoms with Gasteiger partial charge in [-0.15, -0.1) is 0 Å². The molecule has 1 amide bonds. The zero-order valence-corrected chi connectivity index (χ0v) is 15.3. The molecule has 1 saturated carbocycles. The van der Waals surface area contributed by atoms with Crippen molar-refractivity contribution >= 4 is 11.6 Å². The highest BCUT2D eigenvalue weighted by Crippen LogP contribution is 2.26. The molecule has 5 nitrogen and oxygen atoms in total. The molecule has 2 unspecified atom stereocenters. The Morgan fingerprint density at radius 3 is 2.80 bits per heavy atom. The van der Waals surface area contributed by atoms with Crippen LogP contribution in [0.15, 0.2) is 18.2 Å². The maximum Gasteiger partial charge on any atom is 0.227 e. The average Bonchev–Trinajstić information content (AvgIpc) is 3.10. The van der Waals surface area contributed by atoms with Gasteiger partial charge in [-0.3, -0.25) is 9.69 Å². The molecule has 2 aliphatic rings. The van der Waals surface area contributed by atoms with Gasteiger partial charge >= 0.3 is 0 Å². The monoisotopic (exact) mass is 345 g/mol. The first kappa shape index (κ1) is 18.2. The second kappa shape index (κ2) is 8.68. The molecule has 0 radical (unpaired) electrons. The molecular weight excluding hydrogens is 314 g/mol. The summed E-state index contributed by atoms with van der Waals surface area (Å²) in [4.78, 5) is 14.9. The van der Waals surface area contributed by atoms with Crippen LogP contribution in [0.25, 0.3) is 0 Å². The van der Waals surface area contributed by atoms with Crippen LogP contribution in [0, 0.1) is 12.8 Å². The molecule has 1 aliphatic carbocycles. The van der Waals surface area contributed by atoms with E-state index in [9.17, 15) is 4.79 Å². The van der Waals surface area contributed by atoms with Crippen LogP contribution in [-0.4, -0.2) is 43.1 Å². The second-order valence-electron chi connectivity index (χ2n) is 7.49. The highest BCUT2D eigenvalue weighted by Gasteiger charge is 2.25. The molecule has 3 rings (SSSR count). The summed E-state index contributed by atoms with van der Waals surface area (Å²) in [6.07, 6.45) is 6.42. The van der Waals surface area contributed by atoms with Crippen molar-refractivity contribution in [3.8, 4) is 5.75 Å². The Hall–Kier alpha value is -1.59. The van der Waals surface area contributed by atoms with Crippen molar-refractivity contribution in [2.24, 2.45) is 11.7 Å². The van der Waals surface area contributed by atoms with Crippen molar-refractivity contribution < 1.29 is 9.53 Å². The summed E-state index contributed by atoms with van der Waals surface area (Å²) in [6.45, 7) is 6.11. The topological polar surface area (TPSA) is 67.6 Å². The first-order valence-electron chi connectivity index (χ1n) is 9.64. The van der Waals surface area contributed by atoms with Gasteiger partial charge in [-0.1, -0.05) is 6.42 Å². The van der Waals surface area contributed by atoms with Gasteiger partial charge in [-0.2, -0.15) is 0 Å². The molecule has 25 heavy (non-hydrogen) atoms. The normalized spacial score (nSPS) is 24.2. The van der Waals surface area contributed by atoms with Crippen molar-refractivity contribution in [2.75, 3.05) is 31.6 Å². The third kappa shape index (κ3) is 5.19. The number of anilines is 1. The van der Waals surface area contributed by atoms with Gasteiger partial charge in [-0.05, 0) is 75.9 Å². The summed E-state index contributed by atoms with van der Waals surface area (Å²) < 4.78 is 5.92. The lowest BCUT2D eigenvalue weighted by molar-refractivity contribution is -0.120. The molecule has 3 N–H and O–H groups in total. The van der Waals surface area contributed by atoms with Gasteiger partial charge in [0.25, 0.3) is 0 Å². The van der Waals surface area contributed by atoms with E-state index in [2.05, 4.69) is 10.2 Å². The molecule has 2 fully saturated rings. The zero-order chi connectivity index (χ0) is 17.6. The average molecular weight is 345 g/mol. The number of benzene rings is 1. The van der Waals surface area contributed by atoms with Gasteiger partial charge in [0.05, 0.1) is 0 Å². The Bertz CT molecular complexity index is 584. The minimum absolute atomic E-state index is 0.0421. The number of nitrogens with one attached hydrogen (secondary N) is 1. The molecule has 1 heterocycles. The van der Waals surface area contributed by atoms with Crippen molar-refractivity contribution in [3.63, 3.8) is 0 Å². The first-order valence-corrected chi connectivity index (χ1v) is 9.64. The predicted octanol–water partition coefficient (Wildman–Crippen LogP) is 2.93. The molecule has 0 spiro atoms. The number of aryl methyl sites for hydroxylation is 1. The standard InChI is InChI=1S/C20H31N3O2/c1-15-13-18(22-20(24)16-5-4-6-17(21)14-16)7-8-19(15)25-12-11-23-9-2-3-10-23/h7-8,13,16-17H,2-6,9-12,14,21H2,1H3,(H,22,24). The number of hydrogen-bond donors (Lipinski definition) is 2. The number of hydrogen-bond acceptors (Lipinski definition) is 4. The largest absolute Gasteiger partial charge is 0.492 e. The number of nitrogens with zero attached hydrogens (tertiary/aromatic N) is 1. The Morgan fingerprint density at radius 2 is 2.08 bits per heavy atom. The third-order valence-corrected chi connectivity index (χ3v) is 5.39. The number of amides is 1.